The Kier molecular flexibility index (Phi) is 5.65. The molecule has 0 spiro atoms. The molecule has 2 aromatic carbocycles. The summed E-state index contributed by atoms with van der Waals surface area (Å²) in [5, 5.41) is 0. The van der Waals surface area contributed by atoms with Gasteiger partial charge in [0.15, 0.2) is 0 Å². The molecule has 1 unspecified atom stereocenters. The highest BCUT2D eigenvalue weighted by molar-refractivity contribution is 7.99. The maximum absolute atomic E-state index is 5.72. The summed E-state index contributed by atoms with van der Waals surface area (Å²) in [4.78, 5) is 1.29. The number of hydrogen-bond acceptors (Lipinski definition) is 3. The molecule has 0 saturated carbocycles. The number of nitrogens with one attached hydrogen (secondary N) is 1. The normalized spacial score (nSPS) is 12.3. The summed E-state index contributed by atoms with van der Waals surface area (Å²) in [6.45, 7) is 4.33. The Morgan fingerprint density at radius 1 is 1.00 bits per heavy atom. The van der Waals surface area contributed by atoms with Gasteiger partial charge in [0.2, 0.25) is 0 Å². The van der Waals surface area contributed by atoms with Crippen LogP contribution in [0, 0.1) is 13.8 Å². The summed E-state index contributed by atoms with van der Waals surface area (Å²) < 4.78 is 0. The minimum absolute atomic E-state index is 0.278. The predicted octanol–water partition coefficient (Wildman–Crippen LogP) is 3.47. The number of rotatable bonds is 6. The smallest absolute Gasteiger partial charge is 0.0345 e. The highest BCUT2D eigenvalue weighted by Crippen LogP contribution is 2.21. The van der Waals surface area contributed by atoms with Gasteiger partial charge in [-0.3, -0.25) is 11.3 Å². The molecule has 0 bridgehead atoms. The third-order valence-electron chi connectivity index (χ3n) is 3.53. The first-order chi connectivity index (χ1) is 9.70. The highest BCUT2D eigenvalue weighted by atomic mass is 32.2. The number of benzene rings is 2. The lowest BCUT2D eigenvalue weighted by molar-refractivity contribution is 0.573. The van der Waals surface area contributed by atoms with Crippen LogP contribution in [0.3, 0.4) is 0 Å². The molecule has 3 heteroatoms. The summed E-state index contributed by atoms with van der Waals surface area (Å²) in [7, 11) is 0. The van der Waals surface area contributed by atoms with Crippen LogP contribution in [-0.4, -0.2) is 11.8 Å². The SMILES string of the molecule is Cc1cccc(C)c1CC(CSc1ccccc1)NN. The lowest BCUT2D eigenvalue weighted by Gasteiger charge is -2.18. The van der Waals surface area contributed by atoms with Crippen molar-refractivity contribution in [2.45, 2.75) is 31.2 Å². The first-order valence-corrected chi connectivity index (χ1v) is 7.88. The molecule has 0 aliphatic carbocycles. The van der Waals surface area contributed by atoms with Crippen molar-refractivity contribution in [2.24, 2.45) is 5.84 Å². The quantitative estimate of drug-likeness (QED) is 0.485. The molecule has 2 rings (SSSR count). The van der Waals surface area contributed by atoms with E-state index < -0.39 is 0 Å². The van der Waals surface area contributed by atoms with Gasteiger partial charge >= 0.3 is 0 Å². The molecule has 2 nitrogen and oxygen atoms in total. The van der Waals surface area contributed by atoms with E-state index in [0.717, 1.165) is 12.2 Å². The van der Waals surface area contributed by atoms with E-state index in [1.54, 1.807) is 0 Å². The Labute approximate surface area is 125 Å². The molecular weight excluding hydrogens is 264 g/mol. The van der Waals surface area contributed by atoms with Gasteiger partial charge in [-0.05, 0) is 49.1 Å². The summed E-state index contributed by atoms with van der Waals surface area (Å²) in [6, 6.07) is 17.2. The lowest BCUT2D eigenvalue weighted by Crippen LogP contribution is -2.39. The molecule has 0 fully saturated rings. The van der Waals surface area contributed by atoms with Crippen molar-refractivity contribution in [1.29, 1.82) is 0 Å². The van der Waals surface area contributed by atoms with Gasteiger partial charge in [0.05, 0.1) is 0 Å². The summed E-state index contributed by atoms with van der Waals surface area (Å²) in [6.07, 6.45) is 0.967. The second-order valence-corrected chi connectivity index (χ2v) is 6.16. The summed E-state index contributed by atoms with van der Waals surface area (Å²) >= 11 is 1.84. The molecular formula is C17H22N2S. The minimum atomic E-state index is 0.278. The first-order valence-electron chi connectivity index (χ1n) is 6.89. The summed E-state index contributed by atoms with van der Waals surface area (Å²) in [5.41, 5.74) is 7.05. The van der Waals surface area contributed by atoms with Gasteiger partial charge in [0.1, 0.15) is 0 Å². The Morgan fingerprint density at radius 3 is 2.25 bits per heavy atom. The maximum atomic E-state index is 5.72. The molecule has 20 heavy (non-hydrogen) atoms. The van der Waals surface area contributed by atoms with Crippen molar-refractivity contribution < 1.29 is 0 Å². The standard InChI is InChI=1S/C17H22N2S/c1-13-7-6-8-14(2)17(13)11-15(19-18)12-20-16-9-4-3-5-10-16/h3-10,15,19H,11-12,18H2,1-2H3. The number of hydrogen-bond donors (Lipinski definition) is 2. The molecule has 0 radical (unpaired) electrons. The van der Waals surface area contributed by atoms with E-state index >= 15 is 0 Å². The maximum Gasteiger partial charge on any atom is 0.0345 e. The number of aryl methyl sites for hydroxylation is 2. The van der Waals surface area contributed by atoms with E-state index in [1.165, 1.54) is 21.6 Å². The van der Waals surface area contributed by atoms with E-state index in [9.17, 15) is 0 Å². The number of nitrogens with two attached hydrogens (primary N) is 1. The zero-order valence-corrected chi connectivity index (χ0v) is 12.9. The first kappa shape index (κ1) is 15.1. The van der Waals surface area contributed by atoms with Crippen LogP contribution >= 0.6 is 11.8 Å². The van der Waals surface area contributed by atoms with Crippen LogP contribution in [0.2, 0.25) is 0 Å². The van der Waals surface area contributed by atoms with Gasteiger partial charge in [-0.25, -0.2) is 0 Å². The van der Waals surface area contributed by atoms with Crippen LogP contribution < -0.4 is 11.3 Å². The van der Waals surface area contributed by atoms with Gasteiger partial charge < -0.3 is 0 Å². The van der Waals surface area contributed by atoms with Gasteiger partial charge in [0, 0.05) is 16.7 Å². The molecule has 0 aromatic heterocycles. The van der Waals surface area contributed by atoms with Crippen LogP contribution in [-0.2, 0) is 6.42 Å². The number of hydrazine groups is 1. The average molecular weight is 286 g/mol. The summed E-state index contributed by atoms with van der Waals surface area (Å²) in [5.74, 6) is 6.69. The molecule has 1 atom stereocenters. The lowest BCUT2D eigenvalue weighted by atomic mass is 9.97. The van der Waals surface area contributed by atoms with Gasteiger partial charge in [-0.1, -0.05) is 36.4 Å². The van der Waals surface area contributed by atoms with Crippen molar-refractivity contribution in [3.05, 3.63) is 65.2 Å². The van der Waals surface area contributed by atoms with E-state index in [0.29, 0.717) is 0 Å². The Balaban J connectivity index is 1.99. The van der Waals surface area contributed by atoms with Gasteiger partial charge in [0.25, 0.3) is 0 Å². The molecule has 0 saturated heterocycles. The van der Waals surface area contributed by atoms with Crippen LogP contribution in [0.15, 0.2) is 53.4 Å². The van der Waals surface area contributed by atoms with E-state index in [1.807, 2.05) is 17.8 Å². The fourth-order valence-electron chi connectivity index (χ4n) is 2.30. The van der Waals surface area contributed by atoms with Gasteiger partial charge in [-0.15, -0.1) is 11.8 Å². The third kappa shape index (κ3) is 4.10. The highest BCUT2D eigenvalue weighted by Gasteiger charge is 2.11. The predicted molar refractivity (Wildman–Crippen MR) is 87.9 cm³/mol. The van der Waals surface area contributed by atoms with Crippen molar-refractivity contribution in [1.82, 2.24) is 5.43 Å². The molecule has 0 aliphatic heterocycles. The topological polar surface area (TPSA) is 38.0 Å². The number of thioether (sulfide) groups is 1. The Hall–Kier alpha value is -1.29. The molecule has 0 heterocycles. The fourth-order valence-corrected chi connectivity index (χ4v) is 3.25. The zero-order valence-electron chi connectivity index (χ0n) is 12.1. The molecule has 3 N–H and O–H groups in total. The van der Waals surface area contributed by atoms with Crippen molar-refractivity contribution >= 4 is 11.8 Å². The van der Waals surface area contributed by atoms with E-state index in [2.05, 4.69) is 61.7 Å². The monoisotopic (exact) mass is 286 g/mol. The minimum Gasteiger partial charge on any atom is -0.271 e. The fraction of sp³-hybridized carbons (Fsp3) is 0.294. The third-order valence-corrected chi connectivity index (χ3v) is 4.70. The second kappa shape index (κ2) is 7.48. The van der Waals surface area contributed by atoms with Crippen LogP contribution in [0.5, 0.6) is 0 Å². The Bertz CT molecular complexity index is 520. The van der Waals surface area contributed by atoms with Crippen molar-refractivity contribution in [3.63, 3.8) is 0 Å². The van der Waals surface area contributed by atoms with E-state index in [4.69, 9.17) is 5.84 Å². The largest absolute Gasteiger partial charge is 0.271 e. The molecule has 106 valence electrons. The second-order valence-electron chi connectivity index (χ2n) is 5.06. The van der Waals surface area contributed by atoms with Crippen LogP contribution in [0.1, 0.15) is 16.7 Å². The van der Waals surface area contributed by atoms with E-state index in [-0.39, 0.29) is 6.04 Å². The van der Waals surface area contributed by atoms with Crippen LogP contribution in [0.4, 0.5) is 0 Å². The van der Waals surface area contributed by atoms with Crippen molar-refractivity contribution in [2.75, 3.05) is 5.75 Å². The molecule has 2 aromatic rings. The average Bonchev–Trinajstić information content (AvgIpc) is 2.47. The Morgan fingerprint density at radius 2 is 1.65 bits per heavy atom. The molecule has 0 amide bonds. The molecule has 0 aliphatic rings. The van der Waals surface area contributed by atoms with Crippen molar-refractivity contribution in [3.8, 4) is 0 Å². The van der Waals surface area contributed by atoms with Crippen LogP contribution in [0.25, 0.3) is 0 Å². The zero-order chi connectivity index (χ0) is 14.4. The van der Waals surface area contributed by atoms with Gasteiger partial charge in [-0.2, -0.15) is 0 Å².